The van der Waals surface area contributed by atoms with Gasteiger partial charge in [-0.15, -0.1) is 0 Å². The molecule has 1 saturated carbocycles. The number of hydrogen-bond donors (Lipinski definition) is 1. The van der Waals surface area contributed by atoms with Crippen molar-refractivity contribution < 1.29 is 0 Å². The maximum absolute atomic E-state index is 12.4. The molecule has 2 nitrogen and oxygen atoms in total. The van der Waals surface area contributed by atoms with E-state index in [-0.39, 0.29) is 5.43 Å². The Bertz CT molecular complexity index is 665. The van der Waals surface area contributed by atoms with Crippen LogP contribution in [0, 0.1) is 0 Å². The van der Waals surface area contributed by atoms with Crippen LogP contribution < -0.4 is 5.43 Å². The summed E-state index contributed by atoms with van der Waals surface area (Å²) in [6, 6.07) is 8.14. The van der Waals surface area contributed by atoms with Crippen LogP contribution in [0.3, 0.4) is 0 Å². The summed E-state index contributed by atoms with van der Waals surface area (Å²) >= 11 is 0. The van der Waals surface area contributed by atoms with Crippen LogP contribution in [0.2, 0.25) is 0 Å². The Kier molecular flexibility index (Phi) is 3.64. The first-order chi connectivity index (χ1) is 9.69. The highest BCUT2D eigenvalue weighted by atomic mass is 16.1. The van der Waals surface area contributed by atoms with Crippen LogP contribution in [0.4, 0.5) is 0 Å². The Balaban J connectivity index is 2.07. The fourth-order valence-corrected chi connectivity index (χ4v) is 3.28. The lowest BCUT2D eigenvalue weighted by Gasteiger charge is -2.13. The van der Waals surface area contributed by atoms with Crippen molar-refractivity contribution in [3.8, 4) is 0 Å². The van der Waals surface area contributed by atoms with Crippen molar-refractivity contribution in [3.63, 3.8) is 0 Å². The Morgan fingerprint density at radius 3 is 2.70 bits per heavy atom. The third-order valence-electron chi connectivity index (χ3n) is 4.85. The van der Waals surface area contributed by atoms with E-state index >= 15 is 0 Å². The molecule has 20 heavy (non-hydrogen) atoms. The van der Waals surface area contributed by atoms with E-state index in [0.29, 0.717) is 11.8 Å². The molecule has 0 bridgehead atoms. The van der Waals surface area contributed by atoms with Crippen LogP contribution in [-0.2, 0) is 0 Å². The zero-order chi connectivity index (χ0) is 14.1. The van der Waals surface area contributed by atoms with Crippen LogP contribution >= 0.6 is 0 Å². The van der Waals surface area contributed by atoms with Crippen LogP contribution in [0.5, 0.6) is 0 Å². The van der Waals surface area contributed by atoms with Crippen molar-refractivity contribution in [1.29, 1.82) is 0 Å². The summed E-state index contributed by atoms with van der Waals surface area (Å²) in [4.78, 5) is 15.9. The van der Waals surface area contributed by atoms with Gasteiger partial charge in [0.2, 0.25) is 0 Å². The highest BCUT2D eigenvalue weighted by Crippen LogP contribution is 2.33. The lowest BCUT2D eigenvalue weighted by atomic mass is 9.96. The molecule has 106 valence electrons. The van der Waals surface area contributed by atoms with Gasteiger partial charge >= 0.3 is 0 Å². The maximum atomic E-state index is 12.4. The molecule has 2 heteroatoms. The van der Waals surface area contributed by atoms with Crippen molar-refractivity contribution in [3.05, 3.63) is 45.7 Å². The van der Waals surface area contributed by atoms with E-state index in [1.54, 1.807) is 0 Å². The second-order valence-electron chi connectivity index (χ2n) is 6.18. The molecule has 1 aliphatic carbocycles. The average molecular weight is 269 g/mol. The van der Waals surface area contributed by atoms with Gasteiger partial charge < -0.3 is 4.98 Å². The first-order valence-electron chi connectivity index (χ1n) is 7.86. The molecule has 1 atom stereocenters. The lowest BCUT2D eigenvalue weighted by molar-refractivity contribution is 0.700. The monoisotopic (exact) mass is 269 g/mol. The first kappa shape index (κ1) is 13.4. The molecular formula is C18H23NO. The summed E-state index contributed by atoms with van der Waals surface area (Å²) in [5, 5.41) is 0.838. The standard InChI is InChI=1S/C18H23NO/c1-3-12(2)14-8-9-16-15(10-14)18(20)11-17(19-16)13-6-4-5-7-13/h8-13H,3-7H2,1-2H3,(H,19,20). The molecule has 1 aliphatic rings. The number of aromatic amines is 1. The molecule has 0 spiro atoms. The fourth-order valence-electron chi connectivity index (χ4n) is 3.28. The minimum absolute atomic E-state index is 0.172. The number of fused-ring (bicyclic) bond motifs is 1. The lowest BCUT2D eigenvalue weighted by Crippen LogP contribution is -2.08. The second kappa shape index (κ2) is 5.43. The molecule has 3 rings (SSSR count). The van der Waals surface area contributed by atoms with Crippen molar-refractivity contribution in [2.75, 3.05) is 0 Å². The summed E-state index contributed by atoms with van der Waals surface area (Å²) in [7, 11) is 0. The molecule has 0 amide bonds. The molecule has 1 fully saturated rings. The number of hydrogen-bond acceptors (Lipinski definition) is 1. The number of pyridine rings is 1. The summed E-state index contributed by atoms with van der Waals surface area (Å²) < 4.78 is 0. The van der Waals surface area contributed by atoms with E-state index in [1.807, 2.05) is 6.07 Å². The smallest absolute Gasteiger partial charge is 0.189 e. The zero-order valence-electron chi connectivity index (χ0n) is 12.4. The molecule has 1 aromatic heterocycles. The normalized spacial score (nSPS) is 17.7. The molecule has 1 aromatic carbocycles. The number of nitrogens with one attached hydrogen (secondary N) is 1. The minimum Gasteiger partial charge on any atom is -0.358 e. The Morgan fingerprint density at radius 1 is 1.25 bits per heavy atom. The quantitative estimate of drug-likeness (QED) is 0.860. The van der Waals surface area contributed by atoms with Gasteiger partial charge in [-0.25, -0.2) is 0 Å². The topological polar surface area (TPSA) is 32.9 Å². The van der Waals surface area contributed by atoms with E-state index in [2.05, 4.69) is 37.0 Å². The highest BCUT2D eigenvalue weighted by molar-refractivity contribution is 5.79. The first-order valence-corrected chi connectivity index (χ1v) is 7.86. The SMILES string of the molecule is CCC(C)c1ccc2[nH]c(C3CCCC3)cc(=O)c2c1. The predicted molar refractivity (Wildman–Crippen MR) is 84.5 cm³/mol. The average Bonchev–Trinajstić information content (AvgIpc) is 3.00. The Hall–Kier alpha value is -1.57. The zero-order valence-corrected chi connectivity index (χ0v) is 12.4. The van der Waals surface area contributed by atoms with Crippen LogP contribution in [-0.4, -0.2) is 4.98 Å². The van der Waals surface area contributed by atoms with Crippen molar-refractivity contribution in [1.82, 2.24) is 4.98 Å². The van der Waals surface area contributed by atoms with E-state index < -0.39 is 0 Å². The molecular weight excluding hydrogens is 246 g/mol. The van der Waals surface area contributed by atoms with Crippen molar-refractivity contribution >= 4 is 10.9 Å². The van der Waals surface area contributed by atoms with Crippen molar-refractivity contribution in [2.24, 2.45) is 0 Å². The van der Waals surface area contributed by atoms with Crippen LogP contribution in [0.25, 0.3) is 10.9 Å². The number of H-pyrrole nitrogens is 1. The van der Waals surface area contributed by atoms with E-state index in [0.717, 1.165) is 23.0 Å². The maximum Gasteiger partial charge on any atom is 0.189 e. The van der Waals surface area contributed by atoms with E-state index in [9.17, 15) is 4.79 Å². The van der Waals surface area contributed by atoms with Gasteiger partial charge in [0, 0.05) is 22.7 Å². The molecule has 0 radical (unpaired) electrons. The summed E-state index contributed by atoms with van der Waals surface area (Å²) in [6.45, 7) is 4.39. The molecule has 1 N–H and O–H groups in total. The van der Waals surface area contributed by atoms with Gasteiger partial charge in [0.15, 0.2) is 5.43 Å². The van der Waals surface area contributed by atoms with Crippen LogP contribution in [0.15, 0.2) is 29.1 Å². The molecule has 0 saturated heterocycles. The van der Waals surface area contributed by atoms with Gasteiger partial charge in [0.1, 0.15) is 0 Å². The van der Waals surface area contributed by atoms with Gasteiger partial charge in [-0.1, -0.05) is 32.8 Å². The number of benzene rings is 1. The Labute approximate surface area is 120 Å². The number of aromatic nitrogens is 1. The van der Waals surface area contributed by atoms with E-state index in [1.165, 1.54) is 31.2 Å². The molecule has 0 aliphatic heterocycles. The van der Waals surface area contributed by atoms with Gasteiger partial charge in [0.25, 0.3) is 0 Å². The third-order valence-corrected chi connectivity index (χ3v) is 4.85. The molecule has 1 unspecified atom stereocenters. The third kappa shape index (κ3) is 2.39. The highest BCUT2D eigenvalue weighted by Gasteiger charge is 2.18. The summed E-state index contributed by atoms with van der Waals surface area (Å²) in [6.07, 6.45) is 6.11. The van der Waals surface area contributed by atoms with Crippen molar-refractivity contribution in [2.45, 2.75) is 57.8 Å². The van der Waals surface area contributed by atoms with Gasteiger partial charge in [0.05, 0.1) is 0 Å². The van der Waals surface area contributed by atoms with Gasteiger partial charge in [-0.05, 0) is 48.8 Å². The minimum atomic E-state index is 0.172. The second-order valence-corrected chi connectivity index (χ2v) is 6.18. The fraction of sp³-hybridized carbons (Fsp3) is 0.500. The van der Waals surface area contributed by atoms with Gasteiger partial charge in [-0.3, -0.25) is 4.79 Å². The number of rotatable bonds is 3. The summed E-state index contributed by atoms with van der Waals surface area (Å²) in [5.74, 6) is 1.06. The molecule has 2 aromatic rings. The van der Waals surface area contributed by atoms with Crippen LogP contribution in [0.1, 0.15) is 69.0 Å². The largest absolute Gasteiger partial charge is 0.358 e. The Morgan fingerprint density at radius 2 is 2.00 bits per heavy atom. The summed E-state index contributed by atoms with van der Waals surface area (Å²) in [5.41, 5.74) is 3.56. The molecule has 1 heterocycles. The van der Waals surface area contributed by atoms with Gasteiger partial charge in [-0.2, -0.15) is 0 Å². The van der Waals surface area contributed by atoms with E-state index in [4.69, 9.17) is 0 Å². The predicted octanol–water partition coefficient (Wildman–Crippen LogP) is 4.70.